The number of aromatic nitrogens is 1. The molecule has 9 heteroatoms. The van der Waals surface area contributed by atoms with Crippen molar-refractivity contribution in [2.24, 2.45) is 0 Å². The molecule has 3 aromatic rings. The Morgan fingerprint density at radius 3 is 2.57 bits per heavy atom. The number of carbonyl (C=O) groups excluding carboxylic acids is 1. The van der Waals surface area contributed by atoms with E-state index in [1.807, 2.05) is 45.0 Å². The molecule has 0 aliphatic rings. The number of amides is 1. The van der Waals surface area contributed by atoms with Crippen molar-refractivity contribution in [1.29, 1.82) is 5.26 Å². The van der Waals surface area contributed by atoms with Crippen LogP contribution < -0.4 is 19.5 Å². The third-order valence-electron chi connectivity index (χ3n) is 4.81. The summed E-state index contributed by atoms with van der Waals surface area (Å²) in [6.45, 7) is 8.44. The minimum Gasteiger partial charge on any atom is -0.490 e. The molecule has 35 heavy (non-hydrogen) atoms. The summed E-state index contributed by atoms with van der Waals surface area (Å²) in [5, 5.41) is 16.0. The van der Waals surface area contributed by atoms with Crippen molar-refractivity contribution in [3.05, 3.63) is 69.4 Å². The summed E-state index contributed by atoms with van der Waals surface area (Å²) in [5.41, 5.74) is 2.51. The second kappa shape index (κ2) is 12.0. The van der Waals surface area contributed by atoms with Crippen LogP contribution in [-0.4, -0.2) is 30.9 Å². The summed E-state index contributed by atoms with van der Waals surface area (Å²) in [6, 6.07) is 12.7. The number of anilines is 1. The average molecular weight is 496 g/mol. The lowest BCUT2D eigenvalue weighted by Gasteiger charge is -2.15. The first kappa shape index (κ1) is 25.7. The zero-order chi connectivity index (χ0) is 25.4. The molecule has 0 aliphatic heterocycles. The minimum atomic E-state index is -0.626. The number of ether oxygens (including phenoxy) is 3. The predicted octanol–water partition coefficient (Wildman–Crippen LogP) is 5.66. The Labute approximate surface area is 209 Å². The molecular formula is C26H26ClN3O5. The number of carbonyl (C=O) groups is 1. The van der Waals surface area contributed by atoms with E-state index in [0.717, 1.165) is 16.9 Å². The summed E-state index contributed by atoms with van der Waals surface area (Å²) < 4.78 is 22.3. The molecule has 0 bridgehead atoms. The molecule has 2 aromatic carbocycles. The van der Waals surface area contributed by atoms with E-state index in [1.165, 1.54) is 6.08 Å². The number of rotatable bonds is 10. The molecule has 0 saturated heterocycles. The van der Waals surface area contributed by atoms with Gasteiger partial charge in [-0.15, -0.1) is 0 Å². The van der Waals surface area contributed by atoms with Crippen LogP contribution in [0.5, 0.6) is 17.2 Å². The quantitative estimate of drug-likeness (QED) is 0.220. The molecule has 1 aromatic heterocycles. The van der Waals surface area contributed by atoms with Crippen molar-refractivity contribution < 1.29 is 23.5 Å². The van der Waals surface area contributed by atoms with Gasteiger partial charge in [0.05, 0.1) is 11.6 Å². The first-order chi connectivity index (χ1) is 16.8. The lowest BCUT2D eigenvalue weighted by Crippen LogP contribution is -2.13. The van der Waals surface area contributed by atoms with Gasteiger partial charge in [-0.3, -0.25) is 4.79 Å². The molecule has 0 radical (unpaired) electrons. The van der Waals surface area contributed by atoms with Gasteiger partial charge >= 0.3 is 0 Å². The van der Waals surface area contributed by atoms with Crippen molar-refractivity contribution in [2.45, 2.75) is 27.7 Å². The lowest BCUT2D eigenvalue weighted by molar-refractivity contribution is -0.112. The van der Waals surface area contributed by atoms with Gasteiger partial charge in [0.1, 0.15) is 36.4 Å². The predicted molar refractivity (Wildman–Crippen MR) is 133 cm³/mol. The molecule has 0 atom stereocenters. The Morgan fingerprint density at radius 2 is 1.89 bits per heavy atom. The van der Waals surface area contributed by atoms with Crippen molar-refractivity contribution in [3.8, 4) is 23.3 Å². The van der Waals surface area contributed by atoms with E-state index in [-0.39, 0.29) is 23.0 Å². The Morgan fingerprint density at radius 1 is 1.11 bits per heavy atom. The van der Waals surface area contributed by atoms with Crippen LogP contribution in [0.1, 0.15) is 29.4 Å². The molecule has 8 nitrogen and oxygen atoms in total. The normalized spacial score (nSPS) is 11.0. The third-order valence-corrected chi connectivity index (χ3v) is 5.09. The van der Waals surface area contributed by atoms with Crippen LogP contribution in [0.3, 0.4) is 0 Å². The molecule has 0 spiro atoms. The molecule has 0 aliphatic carbocycles. The Hall–Kier alpha value is -3.96. The maximum atomic E-state index is 12.5. The second-order valence-electron chi connectivity index (χ2n) is 7.68. The summed E-state index contributed by atoms with van der Waals surface area (Å²) in [6.07, 6.45) is 1.41. The summed E-state index contributed by atoms with van der Waals surface area (Å²) in [4.78, 5) is 12.5. The van der Waals surface area contributed by atoms with Gasteiger partial charge in [-0.05, 0) is 68.7 Å². The SMILES string of the molecule is CCOc1cc(C=C(C#N)C(=O)Nc2cc(C)on2)cc(Cl)c1OCCOc1cc(C)ccc1C. The fourth-order valence-electron chi connectivity index (χ4n) is 3.16. The number of halogens is 1. The van der Waals surface area contributed by atoms with E-state index in [1.54, 1.807) is 25.1 Å². The number of nitriles is 1. The fraction of sp³-hybridized carbons (Fsp3) is 0.269. The van der Waals surface area contributed by atoms with Gasteiger partial charge in [0, 0.05) is 6.07 Å². The van der Waals surface area contributed by atoms with Crippen LogP contribution >= 0.6 is 11.6 Å². The standard InChI is InChI=1S/C26H26ClN3O5/c1-5-32-23-14-19(12-20(15-28)26(31)29-24-11-18(4)35-30-24)13-21(27)25(23)34-9-8-33-22-10-16(2)6-7-17(22)3/h6-7,10-14H,5,8-9H2,1-4H3,(H,29,30,31). The average Bonchev–Trinajstić information content (AvgIpc) is 3.23. The molecular weight excluding hydrogens is 470 g/mol. The lowest BCUT2D eigenvalue weighted by atomic mass is 10.1. The van der Waals surface area contributed by atoms with Crippen LogP contribution in [0.25, 0.3) is 6.08 Å². The number of aryl methyl sites for hydroxylation is 3. The number of hydrogen-bond donors (Lipinski definition) is 1. The molecule has 0 unspecified atom stereocenters. The number of benzene rings is 2. The van der Waals surface area contributed by atoms with E-state index in [2.05, 4.69) is 10.5 Å². The first-order valence-electron chi connectivity index (χ1n) is 11.0. The zero-order valence-electron chi connectivity index (χ0n) is 20.0. The molecule has 1 heterocycles. The monoisotopic (exact) mass is 495 g/mol. The first-order valence-corrected chi connectivity index (χ1v) is 11.3. The molecule has 0 saturated carbocycles. The van der Waals surface area contributed by atoms with Gasteiger partial charge < -0.3 is 24.1 Å². The maximum Gasteiger partial charge on any atom is 0.267 e. The zero-order valence-corrected chi connectivity index (χ0v) is 20.7. The summed E-state index contributed by atoms with van der Waals surface area (Å²) in [7, 11) is 0. The van der Waals surface area contributed by atoms with Gasteiger partial charge in [0.2, 0.25) is 0 Å². The van der Waals surface area contributed by atoms with Crippen LogP contribution in [0.15, 0.2) is 46.5 Å². The number of nitrogens with zero attached hydrogens (tertiary/aromatic N) is 2. The molecule has 1 N–H and O–H groups in total. The van der Waals surface area contributed by atoms with Crippen molar-refractivity contribution in [3.63, 3.8) is 0 Å². The number of hydrogen-bond acceptors (Lipinski definition) is 7. The van der Waals surface area contributed by atoms with Gasteiger partial charge in [-0.1, -0.05) is 28.9 Å². The van der Waals surface area contributed by atoms with Crippen LogP contribution in [0, 0.1) is 32.1 Å². The molecule has 3 rings (SSSR count). The van der Waals surface area contributed by atoms with Crippen LogP contribution in [-0.2, 0) is 4.79 Å². The van der Waals surface area contributed by atoms with E-state index in [9.17, 15) is 10.1 Å². The van der Waals surface area contributed by atoms with E-state index in [0.29, 0.717) is 36.0 Å². The van der Waals surface area contributed by atoms with Crippen molar-refractivity contribution in [2.75, 3.05) is 25.1 Å². The Kier molecular flexibility index (Phi) is 8.76. The Bertz CT molecular complexity index is 1280. The smallest absolute Gasteiger partial charge is 0.267 e. The van der Waals surface area contributed by atoms with Crippen LogP contribution in [0.4, 0.5) is 5.82 Å². The van der Waals surface area contributed by atoms with Crippen LogP contribution in [0.2, 0.25) is 5.02 Å². The highest BCUT2D eigenvalue weighted by Gasteiger charge is 2.16. The van der Waals surface area contributed by atoms with E-state index >= 15 is 0 Å². The molecule has 182 valence electrons. The van der Waals surface area contributed by atoms with Crippen molar-refractivity contribution >= 4 is 29.4 Å². The molecule has 0 fully saturated rings. The fourth-order valence-corrected chi connectivity index (χ4v) is 3.43. The maximum absolute atomic E-state index is 12.5. The largest absolute Gasteiger partial charge is 0.490 e. The van der Waals surface area contributed by atoms with Gasteiger partial charge in [-0.2, -0.15) is 5.26 Å². The topological polar surface area (TPSA) is 107 Å². The van der Waals surface area contributed by atoms with Gasteiger partial charge in [0.15, 0.2) is 17.3 Å². The highest BCUT2D eigenvalue weighted by Crippen LogP contribution is 2.37. The molecule has 1 amide bonds. The highest BCUT2D eigenvalue weighted by atomic mass is 35.5. The third kappa shape index (κ3) is 7.01. The van der Waals surface area contributed by atoms with Crippen molar-refractivity contribution in [1.82, 2.24) is 5.16 Å². The Balaban J connectivity index is 1.73. The van der Waals surface area contributed by atoms with Gasteiger partial charge in [0.25, 0.3) is 5.91 Å². The van der Waals surface area contributed by atoms with E-state index < -0.39 is 5.91 Å². The van der Waals surface area contributed by atoms with Gasteiger partial charge in [-0.25, -0.2) is 0 Å². The highest BCUT2D eigenvalue weighted by molar-refractivity contribution is 6.32. The summed E-state index contributed by atoms with van der Waals surface area (Å²) >= 11 is 6.47. The minimum absolute atomic E-state index is 0.139. The van der Waals surface area contributed by atoms with E-state index in [4.69, 9.17) is 30.3 Å². The summed E-state index contributed by atoms with van der Waals surface area (Å²) in [5.74, 6) is 1.67. The second-order valence-corrected chi connectivity index (χ2v) is 8.08. The number of nitrogens with one attached hydrogen (secondary N) is 1.